The van der Waals surface area contributed by atoms with E-state index in [-0.39, 0.29) is 24.1 Å². The first-order valence-electron chi connectivity index (χ1n) is 6.55. The Kier molecular flexibility index (Phi) is 2.93. The number of nitrogens with one attached hydrogen (secondary N) is 1. The van der Waals surface area contributed by atoms with E-state index in [0.717, 1.165) is 5.56 Å². The van der Waals surface area contributed by atoms with Crippen LogP contribution in [0.5, 0.6) is 0 Å². The Bertz CT molecular complexity index is 612. The number of rotatable bonds is 1. The number of amides is 2. The van der Waals surface area contributed by atoms with Gasteiger partial charge in [-0.15, -0.1) is 0 Å². The number of carbonyl (C=O) groups excluding carboxylic acids is 3. The molecule has 0 saturated carbocycles. The largest absolute Gasteiger partial charge is 0.398 e. The molecule has 1 aromatic carbocycles. The number of benzene rings is 1. The highest BCUT2D eigenvalue weighted by molar-refractivity contribution is 6.03. The number of hydrogen-bond acceptors (Lipinski definition) is 4. The molecule has 3 N–H and O–H groups in total. The molecule has 0 aromatic heterocycles. The lowest BCUT2D eigenvalue weighted by molar-refractivity contribution is -0.126. The fourth-order valence-corrected chi connectivity index (χ4v) is 2.75. The molecule has 2 aliphatic heterocycles. The summed E-state index contributed by atoms with van der Waals surface area (Å²) < 4.78 is 0. The normalized spacial score (nSPS) is 22.5. The van der Waals surface area contributed by atoms with Gasteiger partial charge in [0.05, 0.1) is 6.54 Å². The molecule has 1 fully saturated rings. The number of anilines is 1. The summed E-state index contributed by atoms with van der Waals surface area (Å²) in [6.07, 6.45) is 0.670. The van der Waals surface area contributed by atoms with Crippen molar-refractivity contribution in [1.29, 1.82) is 0 Å². The summed E-state index contributed by atoms with van der Waals surface area (Å²) in [5, 5.41) is 2.57. The molecule has 3 rings (SSSR count). The van der Waals surface area contributed by atoms with Crippen LogP contribution in [0.2, 0.25) is 0 Å². The molecule has 6 heteroatoms. The van der Waals surface area contributed by atoms with E-state index in [1.54, 1.807) is 18.2 Å². The Balaban J connectivity index is 1.90. The van der Waals surface area contributed by atoms with E-state index >= 15 is 0 Å². The van der Waals surface area contributed by atoms with Crippen LogP contribution in [0.1, 0.15) is 28.8 Å². The van der Waals surface area contributed by atoms with E-state index in [1.165, 1.54) is 4.90 Å². The number of ketones is 1. The van der Waals surface area contributed by atoms with E-state index < -0.39 is 6.04 Å². The van der Waals surface area contributed by atoms with Gasteiger partial charge in [-0.25, -0.2) is 0 Å². The maximum absolute atomic E-state index is 12.4. The third-order valence-electron chi connectivity index (χ3n) is 3.87. The molecule has 2 amide bonds. The Hall–Kier alpha value is -2.37. The zero-order valence-corrected chi connectivity index (χ0v) is 10.9. The number of hydrogen-bond donors (Lipinski definition) is 2. The van der Waals surface area contributed by atoms with E-state index in [2.05, 4.69) is 5.32 Å². The molecule has 1 saturated heterocycles. The molecule has 20 heavy (non-hydrogen) atoms. The second-order valence-corrected chi connectivity index (χ2v) is 5.12. The second kappa shape index (κ2) is 4.63. The Morgan fingerprint density at radius 1 is 1.25 bits per heavy atom. The summed E-state index contributed by atoms with van der Waals surface area (Å²) in [7, 11) is 0. The summed E-state index contributed by atoms with van der Waals surface area (Å²) in [6.45, 7) is 0.375. The van der Waals surface area contributed by atoms with Crippen LogP contribution in [0.25, 0.3) is 0 Å². The SMILES string of the molecule is Nc1cccc2c1CN(C1CCC(=O)CNC1=O)C2=O. The summed E-state index contributed by atoms with van der Waals surface area (Å²) in [5.41, 5.74) is 7.75. The fourth-order valence-electron chi connectivity index (χ4n) is 2.75. The predicted molar refractivity (Wildman–Crippen MR) is 71.8 cm³/mol. The highest BCUT2D eigenvalue weighted by Gasteiger charge is 2.38. The van der Waals surface area contributed by atoms with Gasteiger partial charge in [0.2, 0.25) is 5.91 Å². The molecular weight excluding hydrogens is 258 g/mol. The molecule has 0 spiro atoms. The molecule has 0 aliphatic carbocycles. The first kappa shape index (κ1) is 12.7. The zero-order valence-electron chi connectivity index (χ0n) is 10.9. The Morgan fingerprint density at radius 2 is 2.05 bits per heavy atom. The molecule has 1 atom stereocenters. The molecule has 0 radical (unpaired) electrons. The second-order valence-electron chi connectivity index (χ2n) is 5.12. The number of fused-ring (bicyclic) bond motifs is 1. The van der Waals surface area contributed by atoms with E-state index in [1.807, 2.05) is 0 Å². The van der Waals surface area contributed by atoms with Crippen LogP contribution in [0.15, 0.2) is 18.2 Å². The van der Waals surface area contributed by atoms with Gasteiger partial charge in [-0.3, -0.25) is 14.4 Å². The van der Waals surface area contributed by atoms with Gasteiger partial charge in [0.25, 0.3) is 5.91 Å². The number of nitrogen functional groups attached to an aromatic ring is 1. The minimum absolute atomic E-state index is 0.00970. The van der Waals surface area contributed by atoms with Crippen LogP contribution in [-0.2, 0) is 16.1 Å². The molecule has 1 unspecified atom stereocenters. The van der Waals surface area contributed by atoms with E-state index in [4.69, 9.17) is 5.73 Å². The van der Waals surface area contributed by atoms with Gasteiger partial charge in [0, 0.05) is 29.8 Å². The minimum atomic E-state index is -0.597. The minimum Gasteiger partial charge on any atom is -0.398 e. The first-order valence-corrected chi connectivity index (χ1v) is 6.55. The lowest BCUT2D eigenvalue weighted by Gasteiger charge is -2.24. The molecule has 1 aromatic rings. The van der Waals surface area contributed by atoms with Crippen LogP contribution >= 0.6 is 0 Å². The van der Waals surface area contributed by atoms with Crippen molar-refractivity contribution in [3.8, 4) is 0 Å². The molecule has 104 valence electrons. The summed E-state index contributed by atoms with van der Waals surface area (Å²) >= 11 is 0. The van der Waals surface area contributed by atoms with Gasteiger partial charge in [-0.1, -0.05) is 6.07 Å². The van der Waals surface area contributed by atoms with Crippen molar-refractivity contribution in [2.75, 3.05) is 12.3 Å². The van der Waals surface area contributed by atoms with Gasteiger partial charge in [0.15, 0.2) is 5.78 Å². The number of nitrogens with two attached hydrogens (primary N) is 1. The van der Waals surface area contributed by atoms with Crippen LogP contribution in [0, 0.1) is 0 Å². The molecule has 6 nitrogen and oxygen atoms in total. The number of Topliss-reactive ketones (excluding diaryl/α,β-unsaturated/α-hetero) is 1. The quantitative estimate of drug-likeness (QED) is 0.708. The Morgan fingerprint density at radius 3 is 2.80 bits per heavy atom. The van der Waals surface area contributed by atoms with E-state index in [0.29, 0.717) is 30.6 Å². The van der Waals surface area contributed by atoms with Crippen molar-refractivity contribution in [3.05, 3.63) is 29.3 Å². The topological polar surface area (TPSA) is 92.5 Å². The third kappa shape index (κ3) is 1.93. The predicted octanol–water partition coefficient (Wildman–Crippen LogP) is 0.0723. The van der Waals surface area contributed by atoms with Gasteiger partial charge >= 0.3 is 0 Å². The summed E-state index contributed by atoms with van der Waals surface area (Å²) in [6, 6.07) is 4.59. The molecule has 2 heterocycles. The molecular formula is C14H15N3O3. The standard InChI is InChI=1S/C14H15N3O3/c15-11-3-1-2-9-10(11)7-17(14(9)20)12-5-4-8(18)6-16-13(12)19/h1-3,12H,4-7,15H2,(H,16,19). The zero-order chi connectivity index (χ0) is 14.3. The number of nitrogens with zero attached hydrogens (tertiary/aromatic N) is 1. The lowest BCUT2D eigenvalue weighted by atomic mass is 10.1. The van der Waals surface area contributed by atoms with Gasteiger partial charge in [-0.2, -0.15) is 0 Å². The average molecular weight is 273 g/mol. The van der Waals surface area contributed by atoms with Crippen molar-refractivity contribution in [3.63, 3.8) is 0 Å². The third-order valence-corrected chi connectivity index (χ3v) is 3.87. The van der Waals surface area contributed by atoms with Crippen LogP contribution < -0.4 is 11.1 Å². The van der Waals surface area contributed by atoms with Gasteiger partial charge in [0.1, 0.15) is 6.04 Å². The van der Waals surface area contributed by atoms with Gasteiger partial charge < -0.3 is 16.0 Å². The maximum atomic E-state index is 12.4. The highest BCUT2D eigenvalue weighted by atomic mass is 16.2. The van der Waals surface area contributed by atoms with Crippen molar-refractivity contribution in [1.82, 2.24) is 10.2 Å². The van der Waals surface area contributed by atoms with Gasteiger partial charge in [-0.05, 0) is 18.6 Å². The number of carbonyl (C=O) groups is 3. The van der Waals surface area contributed by atoms with Crippen molar-refractivity contribution in [2.24, 2.45) is 0 Å². The van der Waals surface area contributed by atoms with Crippen LogP contribution in [-0.4, -0.2) is 35.1 Å². The van der Waals surface area contributed by atoms with Crippen molar-refractivity contribution in [2.45, 2.75) is 25.4 Å². The van der Waals surface area contributed by atoms with Crippen molar-refractivity contribution >= 4 is 23.3 Å². The maximum Gasteiger partial charge on any atom is 0.255 e. The lowest BCUT2D eigenvalue weighted by Crippen LogP contribution is -2.46. The highest BCUT2D eigenvalue weighted by Crippen LogP contribution is 2.30. The first-order chi connectivity index (χ1) is 9.58. The van der Waals surface area contributed by atoms with Crippen molar-refractivity contribution < 1.29 is 14.4 Å². The summed E-state index contributed by atoms with van der Waals surface area (Å²) in [5.74, 6) is -0.470. The average Bonchev–Trinajstić information content (AvgIpc) is 2.66. The van der Waals surface area contributed by atoms with Crippen LogP contribution in [0.4, 0.5) is 5.69 Å². The molecule has 0 bridgehead atoms. The molecule has 2 aliphatic rings. The monoisotopic (exact) mass is 273 g/mol. The Labute approximate surface area is 115 Å². The smallest absolute Gasteiger partial charge is 0.255 e. The van der Waals surface area contributed by atoms with E-state index in [9.17, 15) is 14.4 Å². The van der Waals surface area contributed by atoms with Crippen LogP contribution in [0.3, 0.4) is 0 Å². The fraction of sp³-hybridized carbons (Fsp3) is 0.357. The summed E-state index contributed by atoms with van der Waals surface area (Å²) in [4.78, 5) is 37.3.